The van der Waals surface area contributed by atoms with Gasteiger partial charge in [-0.25, -0.2) is 8.42 Å². The van der Waals surface area contributed by atoms with Crippen LogP contribution in [0.15, 0.2) is 24.3 Å². The third-order valence-corrected chi connectivity index (χ3v) is 5.40. The van der Waals surface area contributed by atoms with Crippen molar-refractivity contribution in [2.45, 2.75) is 6.42 Å². The van der Waals surface area contributed by atoms with Gasteiger partial charge >= 0.3 is 0 Å². The van der Waals surface area contributed by atoms with Crippen molar-refractivity contribution in [2.75, 3.05) is 18.1 Å². The van der Waals surface area contributed by atoms with E-state index in [9.17, 15) is 13.2 Å². The molecule has 1 atom stereocenters. The van der Waals surface area contributed by atoms with Crippen LogP contribution < -0.4 is 5.32 Å². The molecule has 1 saturated heterocycles. The molecule has 20 heavy (non-hydrogen) atoms. The molecule has 1 fully saturated rings. The largest absolute Gasteiger partial charge is 0.350 e. The number of fused-ring (bicyclic) bond motifs is 1. The molecular formula is C13H15N3O3S. The van der Waals surface area contributed by atoms with Crippen LogP contribution in [0, 0.1) is 5.92 Å². The first-order chi connectivity index (χ1) is 9.55. The number of hydrogen-bond donors (Lipinski definition) is 2. The van der Waals surface area contributed by atoms with Crippen LogP contribution in [0.1, 0.15) is 16.9 Å². The molecule has 106 valence electrons. The summed E-state index contributed by atoms with van der Waals surface area (Å²) < 4.78 is 22.7. The van der Waals surface area contributed by atoms with Gasteiger partial charge in [0.2, 0.25) is 0 Å². The molecule has 7 heteroatoms. The molecule has 6 nitrogen and oxygen atoms in total. The van der Waals surface area contributed by atoms with Crippen molar-refractivity contribution in [3.63, 3.8) is 0 Å². The fourth-order valence-electron chi connectivity index (χ4n) is 2.49. The standard InChI is InChI=1S/C13H15N3O3S/c17-13(14-7-9-5-6-20(18,19)8-9)12-10-3-1-2-4-11(10)15-16-12/h1-4,9H,5-8H2,(H,14,17)(H,15,16)/t9-/m1/s1. The zero-order chi connectivity index (χ0) is 14.2. The minimum absolute atomic E-state index is 0.00848. The molecule has 0 bridgehead atoms. The predicted octanol–water partition coefficient (Wildman–Crippen LogP) is 0.727. The van der Waals surface area contributed by atoms with Crippen molar-refractivity contribution in [1.29, 1.82) is 0 Å². The van der Waals surface area contributed by atoms with Crippen molar-refractivity contribution >= 4 is 26.6 Å². The topological polar surface area (TPSA) is 91.9 Å². The number of nitrogens with one attached hydrogen (secondary N) is 2. The Balaban J connectivity index is 1.68. The van der Waals surface area contributed by atoms with Gasteiger partial charge in [-0.15, -0.1) is 0 Å². The first-order valence-electron chi connectivity index (χ1n) is 6.47. The Bertz CT molecular complexity index is 751. The monoisotopic (exact) mass is 293 g/mol. The summed E-state index contributed by atoms with van der Waals surface area (Å²) >= 11 is 0. The number of nitrogens with zero attached hydrogens (tertiary/aromatic N) is 1. The van der Waals surface area contributed by atoms with E-state index < -0.39 is 9.84 Å². The van der Waals surface area contributed by atoms with Crippen LogP contribution in [0.2, 0.25) is 0 Å². The van der Waals surface area contributed by atoms with Crippen LogP contribution in [0.25, 0.3) is 10.9 Å². The van der Waals surface area contributed by atoms with Gasteiger partial charge in [0.05, 0.1) is 17.0 Å². The quantitative estimate of drug-likeness (QED) is 0.872. The Hall–Kier alpha value is -1.89. The number of sulfone groups is 1. The molecule has 3 rings (SSSR count). The van der Waals surface area contributed by atoms with E-state index in [0.717, 1.165) is 10.9 Å². The highest BCUT2D eigenvalue weighted by Crippen LogP contribution is 2.18. The Morgan fingerprint density at radius 1 is 1.40 bits per heavy atom. The van der Waals surface area contributed by atoms with Gasteiger partial charge < -0.3 is 5.32 Å². The van der Waals surface area contributed by atoms with Crippen LogP contribution in [0.4, 0.5) is 0 Å². The molecule has 1 aliphatic heterocycles. The van der Waals surface area contributed by atoms with E-state index in [1.54, 1.807) is 0 Å². The maximum absolute atomic E-state index is 12.1. The average molecular weight is 293 g/mol. The number of hydrogen-bond acceptors (Lipinski definition) is 4. The van der Waals surface area contributed by atoms with Crippen LogP contribution in [-0.4, -0.2) is 42.6 Å². The summed E-state index contributed by atoms with van der Waals surface area (Å²) in [7, 11) is -2.90. The summed E-state index contributed by atoms with van der Waals surface area (Å²) in [5.41, 5.74) is 1.16. The lowest BCUT2D eigenvalue weighted by molar-refractivity contribution is 0.0945. The van der Waals surface area contributed by atoms with Gasteiger partial charge in [0, 0.05) is 11.9 Å². The molecule has 2 heterocycles. The molecular weight excluding hydrogens is 278 g/mol. The summed E-state index contributed by atoms with van der Waals surface area (Å²) in [5.74, 6) is 0.119. The molecule has 2 N–H and O–H groups in total. The highest BCUT2D eigenvalue weighted by Gasteiger charge is 2.28. The molecule has 1 aromatic carbocycles. The van der Waals surface area contributed by atoms with Crippen molar-refractivity contribution in [1.82, 2.24) is 15.5 Å². The zero-order valence-corrected chi connectivity index (χ0v) is 11.6. The SMILES string of the molecule is O=C(NC[C@H]1CCS(=O)(=O)C1)c1n[nH]c2ccccc12. The summed E-state index contributed by atoms with van der Waals surface area (Å²) in [4.78, 5) is 12.1. The van der Waals surface area contributed by atoms with Gasteiger partial charge in [-0.05, 0) is 18.4 Å². The van der Waals surface area contributed by atoms with E-state index in [4.69, 9.17) is 0 Å². The van der Waals surface area contributed by atoms with Crippen molar-refractivity contribution in [3.05, 3.63) is 30.0 Å². The fraction of sp³-hybridized carbons (Fsp3) is 0.385. The first-order valence-corrected chi connectivity index (χ1v) is 8.29. The number of aromatic amines is 1. The average Bonchev–Trinajstić information content (AvgIpc) is 2.99. The number of H-pyrrole nitrogens is 1. The second kappa shape index (κ2) is 4.90. The number of carbonyl (C=O) groups excluding carboxylic acids is 1. The fourth-order valence-corrected chi connectivity index (χ4v) is 4.35. The Morgan fingerprint density at radius 3 is 2.95 bits per heavy atom. The normalized spacial score (nSPS) is 21.1. The second-order valence-electron chi connectivity index (χ2n) is 5.10. The first kappa shape index (κ1) is 13.1. The minimum atomic E-state index is -2.90. The predicted molar refractivity (Wildman–Crippen MR) is 75.2 cm³/mol. The second-order valence-corrected chi connectivity index (χ2v) is 7.33. The van der Waals surface area contributed by atoms with Gasteiger partial charge in [-0.1, -0.05) is 18.2 Å². The number of benzene rings is 1. The highest BCUT2D eigenvalue weighted by molar-refractivity contribution is 7.91. The number of para-hydroxylation sites is 1. The molecule has 1 aliphatic rings. The smallest absolute Gasteiger partial charge is 0.272 e. The molecule has 0 saturated carbocycles. The maximum atomic E-state index is 12.1. The molecule has 0 aliphatic carbocycles. The summed E-state index contributed by atoms with van der Waals surface area (Å²) in [6, 6.07) is 7.39. The van der Waals surface area contributed by atoms with E-state index in [2.05, 4.69) is 15.5 Å². The summed E-state index contributed by atoms with van der Waals surface area (Å²) in [6.07, 6.45) is 0.615. The van der Waals surface area contributed by atoms with E-state index in [1.807, 2.05) is 24.3 Å². The number of carbonyl (C=O) groups is 1. The third kappa shape index (κ3) is 2.53. The Kier molecular flexibility index (Phi) is 3.21. The van der Waals surface area contributed by atoms with E-state index >= 15 is 0 Å². The van der Waals surface area contributed by atoms with E-state index in [0.29, 0.717) is 18.7 Å². The van der Waals surface area contributed by atoms with Gasteiger partial charge in [-0.2, -0.15) is 5.10 Å². The van der Waals surface area contributed by atoms with Crippen LogP contribution in [0.3, 0.4) is 0 Å². The molecule has 1 amide bonds. The number of rotatable bonds is 3. The molecule has 0 unspecified atom stereocenters. The number of aromatic nitrogens is 2. The van der Waals surface area contributed by atoms with Crippen LogP contribution in [0.5, 0.6) is 0 Å². The lowest BCUT2D eigenvalue weighted by Gasteiger charge is -2.08. The maximum Gasteiger partial charge on any atom is 0.272 e. The van der Waals surface area contributed by atoms with Gasteiger partial charge in [-0.3, -0.25) is 9.89 Å². The van der Waals surface area contributed by atoms with E-state index in [-0.39, 0.29) is 23.3 Å². The zero-order valence-electron chi connectivity index (χ0n) is 10.8. The summed E-state index contributed by atoms with van der Waals surface area (Å²) in [5, 5.41) is 10.4. The van der Waals surface area contributed by atoms with Gasteiger partial charge in [0.1, 0.15) is 0 Å². The molecule has 0 spiro atoms. The summed E-state index contributed by atoms with van der Waals surface area (Å²) in [6.45, 7) is 0.374. The minimum Gasteiger partial charge on any atom is -0.350 e. The van der Waals surface area contributed by atoms with E-state index in [1.165, 1.54) is 0 Å². The molecule has 2 aromatic rings. The lowest BCUT2D eigenvalue weighted by atomic mass is 10.1. The lowest BCUT2D eigenvalue weighted by Crippen LogP contribution is -2.30. The van der Waals surface area contributed by atoms with Crippen LogP contribution in [-0.2, 0) is 9.84 Å². The van der Waals surface area contributed by atoms with Crippen molar-refractivity contribution < 1.29 is 13.2 Å². The van der Waals surface area contributed by atoms with Crippen LogP contribution >= 0.6 is 0 Å². The van der Waals surface area contributed by atoms with Crippen molar-refractivity contribution in [3.8, 4) is 0 Å². The molecule has 0 radical (unpaired) electrons. The number of amides is 1. The third-order valence-electron chi connectivity index (χ3n) is 3.56. The van der Waals surface area contributed by atoms with Gasteiger partial charge in [0.25, 0.3) is 5.91 Å². The highest BCUT2D eigenvalue weighted by atomic mass is 32.2. The van der Waals surface area contributed by atoms with Crippen molar-refractivity contribution in [2.24, 2.45) is 5.92 Å². The molecule has 1 aromatic heterocycles. The van der Waals surface area contributed by atoms with Gasteiger partial charge in [0.15, 0.2) is 15.5 Å². The Morgan fingerprint density at radius 2 is 2.20 bits per heavy atom. The Labute approximate surface area is 116 Å².